The molecule has 7 nitrogen and oxygen atoms in total. The number of rotatable bonds is 11. The van der Waals surface area contributed by atoms with E-state index in [4.69, 9.17) is 23.8 Å². The van der Waals surface area contributed by atoms with E-state index >= 15 is 0 Å². The van der Waals surface area contributed by atoms with Crippen molar-refractivity contribution in [1.82, 2.24) is 15.0 Å². The monoisotopic (exact) mass is 1460 g/mol. The summed E-state index contributed by atoms with van der Waals surface area (Å²) in [5.74, 6) is 0.650. The highest BCUT2D eigenvalue weighted by atomic mass is 16.3. The molecule has 24 rings (SSSR count). The normalized spacial score (nSPS) is 13.7. The van der Waals surface area contributed by atoms with E-state index in [2.05, 4.69) is 368 Å². The van der Waals surface area contributed by atoms with Crippen LogP contribution >= 0.6 is 0 Å². The maximum Gasteiger partial charge on any atom is 0.160 e. The van der Waals surface area contributed by atoms with E-state index in [9.17, 15) is 0 Å². The van der Waals surface area contributed by atoms with Gasteiger partial charge < -0.3 is 18.6 Å². The van der Waals surface area contributed by atoms with Gasteiger partial charge in [-0.25, -0.2) is 9.97 Å². The van der Waals surface area contributed by atoms with Gasteiger partial charge in [-0.3, -0.25) is 4.98 Å². The predicted octanol–water partition coefficient (Wildman–Crippen LogP) is 29.1. The Labute approximate surface area is 660 Å². The van der Waals surface area contributed by atoms with Crippen molar-refractivity contribution in [3.05, 3.63) is 400 Å². The van der Waals surface area contributed by atoms with Crippen LogP contribution in [0.3, 0.4) is 0 Å². The highest BCUT2D eigenvalue weighted by Crippen LogP contribution is 2.54. The summed E-state index contributed by atoms with van der Waals surface area (Å²) in [6.45, 7) is 0. The molecule has 0 N–H and O–H groups in total. The van der Waals surface area contributed by atoms with E-state index in [1.54, 1.807) is 0 Å². The quantitative estimate of drug-likeness (QED) is 0.0944. The molecule has 0 saturated heterocycles. The summed E-state index contributed by atoms with van der Waals surface area (Å²) in [5, 5.41) is 22.1. The van der Waals surface area contributed by atoms with Gasteiger partial charge in [0.15, 0.2) is 11.4 Å². The standard InChI is InChI=1S/C108H65N5O2/c1-3-20-65(21-4-1)72-45-48-97-75(54-72)28-19-51-112(97)80-60-95-89-47-49-98(113(79-29-5-2-6-30-79)99-62-92-85(36-18-37-86(92)84-32-11-12-33-88(84)99)83-35-17-34-82-81-31-10-9-22-68(81)44-46-87(82)83)107-106(89)105-94(57-77(59-101(105)115-107)78-63-110-108(111-64-78)90-38-16-26-73-52-70-23-7-8-24-71(70)55-91(73)90)93-56-76(58-100-103(93)104(95)102(61-80)114-100)67-42-40-66(41-43-67)69-25-15-27-74(53-69)96-39-13-14-50-109-96/h1-64,97H. The van der Waals surface area contributed by atoms with Crippen molar-refractivity contribution in [3.63, 3.8) is 0 Å². The molecular formula is C108H65N5O2. The number of para-hydroxylation sites is 1. The Morgan fingerprint density at radius 3 is 1.70 bits per heavy atom. The van der Waals surface area contributed by atoms with Crippen molar-refractivity contribution < 1.29 is 8.83 Å². The Balaban J connectivity index is 0.776. The van der Waals surface area contributed by atoms with Crippen molar-refractivity contribution in [1.29, 1.82) is 0 Å². The number of nitrogens with zero attached hydrogens (tertiary/aromatic N) is 5. The van der Waals surface area contributed by atoms with Gasteiger partial charge in [0.2, 0.25) is 0 Å². The number of benzene rings is 17. The van der Waals surface area contributed by atoms with E-state index in [0.717, 1.165) is 171 Å². The number of hydrogen-bond donors (Lipinski definition) is 0. The van der Waals surface area contributed by atoms with Gasteiger partial charge in [-0.15, -0.1) is 0 Å². The first-order valence-electron chi connectivity index (χ1n) is 39.3. The minimum atomic E-state index is -0.0903. The van der Waals surface area contributed by atoms with Crippen LogP contribution in [0.15, 0.2) is 403 Å². The summed E-state index contributed by atoms with van der Waals surface area (Å²) >= 11 is 0. The Morgan fingerprint density at radius 2 is 0.913 bits per heavy atom. The number of hydrogen-bond acceptors (Lipinski definition) is 7. The summed E-state index contributed by atoms with van der Waals surface area (Å²) in [6.07, 6.45) is 19.4. The Bertz CT molecular complexity index is 7950. The van der Waals surface area contributed by atoms with Crippen molar-refractivity contribution in [2.24, 2.45) is 0 Å². The van der Waals surface area contributed by atoms with Crippen LogP contribution in [0.25, 0.3) is 203 Å². The Kier molecular flexibility index (Phi) is 14.4. The minimum Gasteiger partial charge on any atom is -0.456 e. The zero-order valence-corrected chi connectivity index (χ0v) is 62.1. The highest BCUT2D eigenvalue weighted by molar-refractivity contribution is 6.38. The van der Waals surface area contributed by atoms with Gasteiger partial charge in [0.1, 0.15) is 16.7 Å². The first-order valence-corrected chi connectivity index (χ1v) is 39.3. The minimum absolute atomic E-state index is 0.0903. The van der Waals surface area contributed by atoms with Gasteiger partial charge in [-0.2, -0.15) is 0 Å². The molecule has 1 unspecified atom stereocenters. The van der Waals surface area contributed by atoms with E-state index < -0.39 is 0 Å². The van der Waals surface area contributed by atoms with Crippen LogP contribution in [-0.2, 0) is 0 Å². The zero-order chi connectivity index (χ0) is 75.3. The molecule has 5 heterocycles. The molecule has 0 bridgehead atoms. The third-order valence-electron chi connectivity index (χ3n) is 24.1. The fraction of sp³-hybridized carbons (Fsp3) is 0.00926. The van der Waals surface area contributed by atoms with Crippen molar-refractivity contribution in [2.45, 2.75) is 6.04 Å². The van der Waals surface area contributed by atoms with Crippen molar-refractivity contribution in [3.8, 4) is 67.2 Å². The molecule has 0 fully saturated rings. The lowest BCUT2D eigenvalue weighted by Crippen LogP contribution is -2.33. The summed E-state index contributed by atoms with van der Waals surface area (Å²) < 4.78 is 15.6. The molecule has 1 atom stereocenters. The average molecular weight is 1460 g/mol. The Hall–Kier alpha value is -15.3. The van der Waals surface area contributed by atoms with Crippen LogP contribution in [0.5, 0.6) is 0 Å². The van der Waals surface area contributed by atoms with Crippen LogP contribution in [0.1, 0.15) is 5.56 Å². The highest BCUT2D eigenvalue weighted by Gasteiger charge is 2.31. The summed E-state index contributed by atoms with van der Waals surface area (Å²) in [4.78, 5) is 20.1. The van der Waals surface area contributed by atoms with Gasteiger partial charge in [-0.05, 0) is 234 Å². The molecule has 0 radical (unpaired) electrons. The third kappa shape index (κ3) is 10.3. The largest absolute Gasteiger partial charge is 0.456 e. The molecule has 0 saturated carbocycles. The van der Waals surface area contributed by atoms with Gasteiger partial charge in [-0.1, -0.05) is 261 Å². The second-order valence-corrected chi connectivity index (χ2v) is 30.5. The van der Waals surface area contributed by atoms with E-state index in [1.807, 2.05) is 30.7 Å². The molecule has 22 aromatic rings. The summed E-state index contributed by atoms with van der Waals surface area (Å²) in [5.41, 5.74) is 21.8. The molecule has 1 aliphatic heterocycles. The van der Waals surface area contributed by atoms with Gasteiger partial charge >= 0.3 is 0 Å². The number of fused-ring (bicyclic) bond motifs is 11. The van der Waals surface area contributed by atoms with Gasteiger partial charge in [0, 0.05) is 85.9 Å². The average Bonchev–Trinajstić information content (AvgIpc) is 1.58. The lowest BCUT2D eigenvalue weighted by molar-refractivity contribution is 0.668. The number of allylic oxidation sites excluding steroid dienone is 4. The molecule has 1 aliphatic carbocycles. The first-order chi connectivity index (χ1) is 57.0. The van der Waals surface area contributed by atoms with Crippen LogP contribution in [0, 0.1) is 0 Å². The number of furan rings is 2. The molecule has 534 valence electrons. The predicted molar refractivity (Wildman–Crippen MR) is 480 cm³/mol. The molecule has 0 amide bonds. The molecule has 4 aromatic heterocycles. The molecule has 7 heteroatoms. The molecule has 115 heavy (non-hydrogen) atoms. The van der Waals surface area contributed by atoms with Gasteiger partial charge in [0.25, 0.3) is 0 Å². The summed E-state index contributed by atoms with van der Waals surface area (Å²) in [7, 11) is 0. The molecule has 18 aromatic carbocycles. The second kappa shape index (κ2) is 25.6. The van der Waals surface area contributed by atoms with E-state index in [0.29, 0.717) is 5.82 Å². The number of anilines is 4. The van der Waals surface area contributed by atoms with Crippen LogP contribution in [-0.4, -0.2) is 21.0 Å². The maximum absolute atomic E-state index is 8.02. The number of pyridine rings is 1. The summed E-state index contributed by atoms with van der Waals surface area (Å²) in [6, 6.07) is 121. The topological polar surface area (TPSA) is 71.4 Å². The van der Waals surface area contributed by atoms with Gasteiger partial charge in [0.05, 0.1) is 23.1 Å². The van der Waals surface area contributed by atoms with E-state index in [1.165, 1.54) is 60.0 Å². The van der Waals surface area contributed by atoms with Crippen molar-refractivity contribution >= 4 is 158 Å². The third-order valence-corrected chi connectivity index (χ3v) is 24.1. The molecule has 2 aliphatic rings. The van der Waals surface area contributed by atoms with Crippen LogP contribution in [0.2, 0.25) is 0 Å². The fourth-order valence-electron chi connectivity index (χ4n) is 18.8. The maximum atomic E-state index is 8.02. The second-order valence-electron chi connectivity index (χ2n) is 30.5. The van der Waals surface area contributed by atoms with Crippen molar-refractivity contribution in [2.75, 3.05) is 9.80 Å². The number of aromatic nitrogens is 3. The lowest BCUT2D eigenvalue weighted by Gasteiger charge is -2.34. The molecule has 0 spiro atoms. The SMILES string of the molecule is C1=CN(c2cc3oc4cc(-c5ccc(-c6cccc(-c7ccccn7)c6)cc5)cc5c6cc(-c7cnc(-c8cccc9cc%10ccccc%10cc89)nc7)cc7oc8c(N(c9ccccc9)c9cc%10c(-c%11cccc%12c%11ccc%11ccccc%11%12)cccc%10c%10ccccc9%10)ccc(c(c2)c3c45)c8c76)C2C=CC(c3ccccc3)=CC2=C1. The molecular weight excluding hydrogens is 1400 g/mol. The van der Waals surface area contributed by atoms with Crippen LogP contribution < -0.4 is 9.80 Å². The lowest BCUT2D eigenvalue weighted by atomic mass is 9.89. The van der Waals surface area contributed by atoms with Crippen LogP contribution in [0.4, 0.5) is 22.7 Å². The fourth-order valence-corrected chi connectivity index (χ4v) is 18.8. The van der Waals surface area contributed by atoms with E-state index in [-0.39, 0.29) is 6.04 Å². The zero-order valence-electron chi connectivity index (χ0n) is 62.1. The first kappa shape index (κ1) is 64.5. The smallest absolute Gasteiger partial charge is 0.160 e. The Morgan fingerprint density at radius 1 is 0.322 bits per heavy atom.